The van der Waals surface area contributed by atoms with Crippen LogP contribution in [0.2, 0.25) is 0 Å². The third-order valence-electron chi connectivity index (χ3n) is 2.25. The molecule has 0 aliphatic rings. The van der Waals surface area contributed by atoms with Gasteiger partial charge in [-0.3, -0.25) is 4.98 Å². The average molecular weight is 288 g/mol. The van der Waals surface area contributed by atoms with E-state index in [2.05, 4.69) is 32.3 Å². The van der Waals surface area contributed by atoms with E-state index in [0.29, 0.717) is 12.1 Å². The van der Waals surface area contributed by atoms with Gasteiger partial charge in [0.25, 0.3) is 0 Å². The first-order valence-corrected chi connectivity index (χ1v) is 5.92. The first-order chi connectivity index (χ1) is 8.28. The van der Waals surface area contributed by atoms with Gasteiger partial charge in [0.1, 0.15) is 0 Å². The summed E-state index contributed by atoms with van der Waals surface area (Å²) < 4.78 is 0.965. The number of hydrogen-bond acceptors (Lipinski definition) is 3. The van der Waals surface area contributed by atoms with Crippen molar-refractivity contribution in [3.63, 3.8) is 0 Å². The van der Waals surface area contributed by atoms with Crippen LogP contribution >= 0.6 is 15.9 Å². The van der Waals surface area contributed by atoms with Crippen LogP contribution in [-0.4, -0.2) is 4.98 Å². The SMILES string of the molecule is N#Cc1cccc(NCc2ccc(Br)cn2)c1. The molecule has 1 heterocycles. The Bertz CT molecular complexity index is 543. The van der Waals surface area contributed by atoms with E-state index in [1.54, 1.807) is 12.3 Å². The lowest BCUT2D eigenvalue weighted by Crippen LogP contribution is -2.01. The molecule has 1 aromatic heterocycles. The van der Waals surface area contributed by atoms with Gasteiger partial charge < -0.3 is 5.32 Å². The van der Waals surface area contributed by atoms with Crippen molar-refractivity contribution in [2.24, 2.45) is 0 Å². The van der Waals surface area contributed by atoms with Crippen molar-refractivity contribution >= 4 is 21.6 Å². The minimum Gasteiger partial charge on any atom is -0.379 e. The Kier molecular flexibility index (Phi) is 3.73. The first-order valence-electron chi connectivity index (χ1n) is 5.12. The third kappa shape index (κ3) is 3.30. The van der Waals surface area contributed by atoms with Crippen LogP contribution in [0.15, 0.2) is 47.1 Å². The van der Waals surface area contributed by atoms with Gasteiger partial charge in [-0.25, -0.2) is 0 Å². The molecule has 1 N–H and O–H groups in total. The van der Waals surface area contributed by atoms with Gasteiger partial charge in [-0.05, 0) is 46.3 Å². The minimum atomic E-state index is 0.641. The number of nitrogens with one attached hydrogen (secondary N) is 1. The second-order valence-electron chi connectivity index (χ2n) is 3.51. The van der Waals surface area contributed by atoms with Crippen molar-refractivity contribution in [1.29, 1.82) is 5.26 Å². The van der Waals surface area contributed by atoms with E-state index in [0.717, 1.165) is 15.9 Å². The van der Waals surface area contributed by atoms with Gasteiger partial charge in [0.05, 0.1) is 23.9 Å². The number of hydrogen-bond donors (Lipinski definition) is 1. The van der Waals surface area contributed by atoms with Crippen LogP contribution in [0.1, 0.15) is 11.3 Å². The quantitative estimate of drug-likeness (QED) is 0.942. The van der Waals surface area contributed by atoms with E-state index in [1.807, 2.05) is 30.3 Å². The van der Waals surface area contributed by atoms with Crippen LogP contribution in [0.4, 0.5) is 5.69 Å². The third-order valence-corrected chi connectivity index (χ3v) is 2.72. The molecular weight excluding hydrogens is 278 g/mol. The molecule has 84 valence electrons. The molecular formula is C13H10BrN3. The normalized spacial score (nSPS) is 9.65. The Hall–Kier alpha value is -1.86. The summed E-state index contributed by atoms with van der Waals surface area (Å²) in [6.45, 7) is 0.641. The molecule has 0 fully saturated rings. The van der Waals surface area contributed by atoms with E-state index < -0.39 is 0 Å². The Morgan fingerprint density at radius 3 is 2.88 bits per heavy atom. The van der Waals surface area contributed by atoms with Gasteiger partial charge in [-0.1, -0.05) is 6.07 Å². The largest absolute Gasteiger partial charge is 0.379 e. The van der Waals surface area contributed by atoms with Crippen molar-refractivity contribution in [2.45, 2.75) is 6.54 Å². The zero-order valence-electron chi connectivity index (χ0n) is 9.02. The lowest BCUT2D eigenvalue weighted by Gasteiger charge is -2.06. The second-order valence-corrected chi connectivity index (χ2v) is 4.43. The van der Waals surface area contributed by atoms with Crippen molar-refractivity contribution in [2.75, 3.05) is 5.32 Å². The zero-order valence-corrected chi connectivity index (χ0v) is 10.6. The molecule has 0 aliphatic heterocycles. The summed E-state index contributed by atoms with van der Waals surface area (Å²) >= 11 is 3.34. The molecule has 0 bridgehead atoms. The Morgan fingerprint density at radius 2 is 2.18 bits per heavy atom. The predicted molar refractivity (Wildman–Crippen MR) is 70.4 cm³/mol. The number of nitrogens with zero attached hydrogens (tertiary/aromatic N) is 2. The van der Waals surface area contributed by atoms with Crippen molar-refractivity contribution in [3.05, 3.63) is 58.3 Å². The summed E-state index contributed by atoms with van der Waals surface area (Å²) in [5.41, 5.74) is 2.53. The van der Waals surface area contributed by atoms with Gasteiger partial charge in [0.2, 0.25) is 0 Å². The van der Waals surface area contributed by atoms with Gasteiger partial charge in [0, 0.05) is 16.4 Å². The van der Waals surface area contributed by atoms with Crippen molar-refractivity contribution < 1.29 is 0 Å². The summed E-state index contributed by atoms with van der Waals surface area (Å²) in [6, 6.07) is 13.4. The molecule has 17 heavy (non-hydrogen) atoms. The van der Waals surface area contributed by atoms with E-state index in [9.17, 15) is 0 Å². The van der Waals surface area contributed by atoms with Crippen LogP contribution in [-0.2, 0) is 6.54 Å². The van der Waals surface area contributed by atoms with Gasteiger partial charge in [0.15, 0.2) is 0 Å². The highest BCUT2D eigenvalue weighted by molar-refractivity contribution is 9.10. The molecule has 0 amide bonds. The number of halogens is 1. The number of aromatic nitrogens is 1. The van der Waals surface area contributed by atoms with Crippen LogP contribution in [0, 0.1) is 11.3 Å². The van der Waals surface area contributed by atoms with Gasteiger partial charge in [-0.15, -0.1) is 0 Å². The van der Waals surface area contributed by atoms with Crippen LogP contribution < -0.4 is 5.32 Å². The highest BCUT2D eigenvalue weighted by atomic mass is 79.9. The van der Waals surface area contributed by atoms with E-state index in [-0.39, 0.29) is 0 Å². The maximum atomic E-state index is 8.78. The Morgan fingerprint density at radius 1 is 1.29 bits per heavy atom. The summed E-state index contributed by atoms with van der Waals surface area (Å²) in [5.74, 6) is 0. The Labute approximate surface area is 108 Å². The standard InChI is InChI=1S/C13H10BrN3/c14-11-4-5-13(16-8-11)9-17-12-3-1-2-10(6-12)7-15/h1-6,8,17H,9H2. The maximum absolute atomic E-state index is 8.78. The second kappa shape index (κ2) is 5.46. The maximum Gasteiger partial charge on any atom is 0.0992 e. The van der Waals surface area contributed by atoms with Crippen LogP contribution in [0.3, 0.4) is 0 Å². The fraction of sp³-hybridized carbons (Fsp3) is 0.0769. The predicted octanol–water partition coefficient (Wildman–Crippen LogP) is 3.33. The van der Waals surface area contributed by atoms with E-state index >= 15 is 0 Å². The molecule has 0 spiro atoms. The Balaban J connectivity index is 2.02. The monoisotopic (exact) mass is 287 g/mol. The van der Waals surface area contributed by atoms with Gasteiger partial charge in [-0.2, -0.15) is 5.26 Å². The summed E-state index contributed by atoms with van der Waals surface area (Å²) in [5, 5.41) is 12.0. The average Bonchev–Trinajstić information content (AvgIpc) is 2.38. The molecule has 3 nitrogen and oxygen atoms in total. The molecule has 0 atom stereocenters. The smallest absolute Gasteiger partial charge is 0.0992 e. The highest BCUT2D eigenvalue weighted by Crippen LogP contribution is 2.12. The topological polar surface area (TPSA) is 48.7 Å². The summed E-state index contributed by atoms with van der Waals surface area (Å²) in [4.78, 5) is 4.26. The zero-order chi connectivity index (χ0) is 12.1. The van der Waals surface area contributed by atoms with Crippen LogP contribution in [0.25, 0.3) is 0 Å². The first kappa shape index (κ1) is 11.6. The number of rotatable bonds is 3. The molecule has 0 saturated heterocycles. The van der Waals surface area contributed by atoms with E-state index in [1.165, 1.54) is 0 Å². The molecule has 0 aliphatic carbocycles. The molecule has 0 saturated carbocycles. The molecule has 1 aromatic carbocycles. The number of pyridine rings is 1. The highest BCUT2D eigenvalue weighted by Gasteiger charge is 1.97. The number of nitriles is 1. The van der Waals surface area contributed by atoms with Crippen LogP contribution in [0.5, 0.6) is 0 Å². The molecule has 0 unspecified atom stereocenters. The summed E-state index contributed by atoms with van der Waals surface area (Å²) in [7, 11) is 0. The lowest BCUT2D eigenvalue weighted by molar-refractivity contribution is 1.04. The molecule has 4 heteroatoms. The van der Waals surface area contributed by atoms with Crippen molar-refractivity contribution in [3.8, 4) is 6.07 Å². The summed E-state index contributed by atoms with van der Waals surface area (Å²) in [6.07, 6.45) is 1.77. The van der Waals surface area contributed by atoms with Gasteiger partial charge >= 0.3 is 0 Å². The number of anilines is 1. The fourth-order valence-corrected chi connectivity index (χ4v) is 1.64. The molecule has 0 radical (unpaired) electrons. The fourth-order valence-electron chi connectivity index (χ4n) is 1.40. The molecule has 2 aromatic rings. The van der Waals surface area contributed by atoms with Crippen molar-refractivity contribution in [1.82, 2.24) is 4.98 Å². The minimum absolute atomic E-state index is 0.641. The molecule has 2 rings (SSSR count). The van der Waals surface area contributed by atoms with E-state index in [4.69, 9.17) is 5.26 Å². The lowest BCUT2D eigenvalue weighted by atomic mass is 10.2. The number of benzene rings is 1.